The fourth-order valence-electron chi connectivity index (χ4n) is 1.85. The van der Waals surface area contributed by atoms with E-state index in [4.69, 9.17) is 11.6 Å². The van der Waals surface area contributed by atoms with E-state index in [2.05, 4.69) is 5.32 Å². The third kappa shape index (κ3) is 3.52. The molecule has 100 valence electrons. The molecular formula is C15H14ClF2N. The molecule has 0 saturated heterocycles. The standard InChI is InChI=1S/C15H14ClF2N/c1-2-19-9-11-4-3-10(7-15(11)16)12-5-13(17)8-14(18)6-12/h3-8,19H,2,9H2,1H3. The highest BCUT2D eigenvalue weighted by Crippen LogP contribution is 2.26. The normalized spacial score (nSPS) is 10.7. The van der Waals surface area contributed by atoms with Crippen molar-refractivity contribution in [2.24, 2.45) is 0 Å². The largest absolute Gasteiger partial charge is 0.313 e. The number of rotatable bonds is 4. The van der Waals surface area contributed by atoms with Gasteiger partial charge in [-0.05, 0) is 41.4 Å². The second-order valence-electron chi connectivity index (χ2n) is 4.24. The summed E-state index contributed by atoms with van der Waals surface area (Å²) in [7, 11) is 0. The molecule has 4 heteroatoms. The lowest BCUT2D eigenvalue weighted by molar-refractivity contribution is 0.584. The average Bonchev–Trinajstić information content (AvgIpc) is 2.36. The zero-order valence-electron chi connectivity index (χ0n) is 10.5. The molecule has 0 aromatic heterocycles. The maximum atomic E-state index is 13.2. The van der Waals surface area contributed by atoms with Crippen LogP contribution in [0, 0.1) is 11.6 Å². The summed E-state index contributed by atoms with van der Waals surface area (Å²) in [5, 5.41) is 3.76. The van der Waals surface area contributed by atoms with Crippen LogP contribution in [0.3, 0.4) is 0 Å². The third-order valence-corrected chi connectivity index (χ3v) is 3.17. The van der Waals surface area contributed by atoms with Crippen LogP contribution in [-0.2, 0) is 6.54 Å². The minimum atomic E-state index is -0.595. The van der Waals surface area contributed by atoms with E-state index in [1.165, 1.54) is 12.1 Å². The zero-order valence-corrected chi connectivity index (χ0v) is 11.3. The lowest BCUT2D eigenvalue weighted by atomic mass is 10.0. The molecule has 0 fully saturated rings. The molecule has 0 heterocycles. The zero-order chi connectivity index (χ0) is 13.8. The summed E-state index contributed by atoms with van der Waals surface area (Å²) in [6.45, 7) is 3.54. The van der Waals surface area contributed by atoms with Gasteiger partial charge in [-0.25, -0.2) is 8.78 Å². The van der Waals surface area contributed by atoms with E-state index >= 15 is 0 Å². The SMILES string of the molecule is CCNCc1ccc(-c2cc(F)cc(F)c2)cc1Cl. The Morgan fingerprint density at radius 2 is 1.68 bits per heavy atom. The van der Waals surface area contributed by atoms with Crippen LogP contribution >= 0.6 is 11.6 Å². The lowest BCUT2D eigenvalue weighted by Gasteiger charge is -2.08. The van der Waals surface area contributed by atoms with Gasteiger partial charge in [-0.2, -0.15) is 0 Å². The molecule has 1 N–H and O–H groups in total. The number of benzene rings is 2. The van der Waals surface area contributed by atoms with E-state index in [0.29, 0.717) is 22.7 Å². The highest BCUT2D eigenvalue weighted by atomic mass is 35.5. The van der Waals surface area contributed by atoms with Crippen molar-refractivity contribution in [3.05, 3.63) is 58.6 Å². The summed E-state index contributed by atoms with van der Waals surface area (Å²) >= 11 is 6.17. The van der Waals surface area contributed by atoms with E-state index < -0.39 is 11.6 Å². The summed E-state index contributed by atoms with van der Waals surface area (Å²) in [5.41, 5.74) is 2.14. The van der Waals surface area contributed by atoms with Gasteiger partial charge in [-0.1, -0.05) is 30.7 Å². The molecule has 0 radical (unpaired) electrons. The fraction of sp³-hybridized carbons (Fsp3) is 0.200. The van der Waals surface area contributed by atoms with Crippen LogP contribution in [0.25, 0.3) is 11.1 Å². The lowest BCUT2D eigenvalue weighted by Crippen LogP contribution is -2.11. The van der Waals surface area contributed by atoms with Crippen molar-refractivity contribution in [3.8, 4) is 11.1 Å². The van der Waals surface area contributed by atoms with Crippen molar-refractivity contribution in [2.75, 3.05) is 6.54 Å². The fourth-order valence-corrected chi connectivity index (χ4v) is 2.10. The molecule has 0 bridgehead atoms. The molecular weight excluding hydrogens is 268 g/mol. The Morgan fingerprint density at radius 3 is 2.26 bits per heavy atom. The molecule has 0 aliphatic rings. The molecule has 19 heavy (non-hydrogen) atoms. The highest BCUT2D eigenvalue weighted by molar-refractivity contribution is 6.31. The van der Waals surface area contributed by atoms with Crippen molar-refractivity contribution >= 4 is 11.6 Å². The molecule has 2 aromatic carbocycles. The predicted octanol–water partition coefficient (Wildman–Crippen LogP) is 4.39. The van der Waals surface area contributed by atoms with E-state index in [0.717, 1.165) is 18.2 Å². The van der Waals surface area contributed by atoms with Gasteiger partial charge in [0.15, 0.2) is 0 Å². The van der Waals surface area contributed by atoms with E-state index in [9.17, 15) is 8.78 Å². The van der Waals surface area contributed by atoms with Crippen LogP contribution in [0.1, 0.15) is 12.5 Å². The van der Waals surface area contributed by atoms with E-state index in [-0.39, 0.29) is 0 Å². The molecule has 2 aromatic rings. The molecule has 1 nitrogen and oxygen atoms in total. The summed E-state index contributed by atoms with van der Waals surface area (Å²) in [6.07, 6.45) is 0. The second-order valence-corrected chi connectivity index (χ2v) is 4.65. The van der Waals surface area contributed by atoms with Crippen LogP contribution in [0.2, 0.25) is 5.02 Å². The minimum absolute atomic E-state index is 0.481. The Kier molecular flexibility index (Phi) is 4.51. The van der Waals surface area contributed by atoms with Gasteiger partial charge >= 0.3 is 0 Å². The first-order valence-electron chi connectivity index (χ1n) is 6.05. The summed E-state index contributed by atoms with van der Waals surface area (Å²) in [4.78, 5) is 0. The van der Waals surface area contributed by atoms with Gasteiger partial charge in [0.25, 0.3) is 0 Å². The van der Waals surface area contributed by atoms with Gasteiger partial charge in [0, 0.05) is 17.6 Å². The first-order valence-corrected chi connectivity index (χ1v) is 6.43. The number of hydrogen-bond donors (Lipinski definition) is 1. The Labute approximate surface area is 116 Å². The molecule has 0 aliphatic carbocycles. The Morgan fingerprint density at radius 1 is 1.00 bits per heavy atom. The van der Waals surface area contributed by atoms with Crippen molar-refractivity contribution in [3.63, 3.8) is 0 Å². The van der Waals surface area contributed by atoms with E-state index in [1.54, 1.807) is 6.07 Å². The van der Waals surface area contributed by atoms with Gasteiger partial charge in [-0.15, -0.1) is 0 Å². The molecule has 0 saturated carbocycles. The number of hydrogen-bond acceptors (Lipinski definition) is 1. The topological polar surface area (TPSA) is 12.0 Å². The first kappa shape index (κ1) is 14.0. The monoisotopic (exact) mass is 281 g/mol. The first-order chi connectivity index (χ1) is 9.10. The smallest absolute Gasteiger partial charge is 0.126 e. The van der Waals surface area contributed by atoms with Crippen molar-refractivity contribution in [1.82, 2.24) is 5.32 Å². The molecule has 0 unspecified atom stereocenters. The maximum absolute atomic E-state index is 13.2. The summed E-state index contributed by atoms with van der Waals surface area (Å²) in [5.74, 6) is -1.19. The third-order valence-electron chi connectivity index (χ3n) is 2.81. The minimum Gasteiger partial charge on any atom is -0.313 e. The molecule has 2 rings (SSSR count). The number of nitrogens with one attached hydrogen (secondary N) is 1. The van der Waals surface area contributed by atoms with Crippen LogP contribution in [0.5, 0.6) is 0 Å². The molecule has 0 amide bonds. The van der Waals surface area contributed by atoms with Gasteiger partial charge in [-0.3, -0.25) is 0 Å². The van der Waals surface area contributed by atoms with Gasteiger partial charge in [0.05, 0.1) is 0 Å². The summed E-state index contributed by atoms with van der Waals surface area (Å²) in [6, 6.07) is 8.83. The van der Waals surface area contributed by atoms with Crippen molar-refractivity contribution in [1.29, 1.82) is 0 Å². The van der Waals surface area contributed by atoms with Crippen LogP contribution in [-0.4, -0.2) is 6.54 Å². The van der Waals surface area contributed by atoms with Crippen LogP contribution in [0.4, 0.5) is 8.78 Å². The predicted molar refractivity (Wildman–Crippen MR) is 74.2 cm³/mol. The second kappa shape index (κ2) is 6.13. The highest BCUT2D eigenvalue weighted by Gasteiger charge is 2.06. The molecule has 0 atom stereocenters. The van der Waals surface area contributed by atoms with Crippen LogP contribution in [0.15, 0.2) is 36.4 Å². The Hall–Kier alpha value is -1.45. The Balaban J connectivity index is 2.33. The van der Waals surface area contributed by atoms with Gasteiger partial charge in [0.1, 0.15) is 11.6 Å². The molecule has 0 aliphatic heterocycles. The quantitative estimate of drug-likeness (QED) is 0.876. The van der Waals surface area contributed by atoms with Crippen LogP contribution < -0.4 is 5.32 Å². The summed E-state index contributed by atoms with van der Waals surface area (Å²) < 4.78 is 26.4. The molecule has 0 spiro atoms. The maximum Gasteiger partial charge on any atom is 0.126 e. The van der Waals surface area contributed by atoms with Crippen molar-refractivity contribution < 1.29 is 8.78 Å². The number of halogens is 3. The average molecular weight is 282 g/mol. The Bertz CT molecular complexity index is 564. The van der Waals surface area contributed by atoms with E-state index in [1.807, 2.05) is 19.1 Å². The van der Waals surface area contributed by atoms with Gasteiger partial charge < -0.3 is 5.32 Å². The van der Waals surface area contributed by atoms with Gasteiger partial charge in [0.2, 0.25) is 0 Å². The van der Waals surface area contributed by atoms with Crippen molar-refractivity contribution in [2.45, 2.75) is 13.5 Å².